The number of hydrogen-bond acceptors (Lipinski definition) is 2. The van der Waals surface area contributed by atoms with Crippen molar-refractivity contribution in [2.24, 2.45) is 0 Å². The second-order valence-corrected chi connectivity index (χ2v) is 4.82. The normalized spacial score (nSPS) is 12.4. The molecule has 0 bridgehead atoms. The molecule has 0 aliphatic rings. The number of hydrogen-bond donors (Lipinski definition) is 1. The number of benzene rings is 1. The van der Waals surface area contributed by atoms with Crippen molar-refractivity contribution >= 4 is 0 Å². The Morgan fingerprint density at radius 1 is 1.25 bits per heavy atom. The maximum absolute atomic E-state index is 13.8. The molecule has 1 atom stereocenters. The van der Waals surface area contributed by atoms with Gasteiger partial charge < -0.3 is 5.32 Å². The van der Waals surface area contributed by atoms with Crippen molar-refractivity contribution in [1.29, 1.82) is 0 Å². The van der Waals surface area contributed by atoms with Crippen LogP contribution in [0.3, 0.4) is 0 Å². The maximum Gasteiger partial charge on any atom is 0.162 e. The number of aromatic nitrogens is 1. The van der Waals surface area contributed by atoms with Crippen LogP contribution in [0.25, 0.3) is 0 Å². The Morgan fingerprint density at radius 2 is 2.05 bits per heavy atom. The molecule has 20 heavy (non-hydrogen) atoms. The Balaban J connectivity index is 2.28. The molecule has 0 amide bonds. The lowest BCUT2D eigenvalue weighted by Gasteiger charge is -2.19. The first-order chi connectivity index (χ1) is 9.61. The van der Waals surface area contributed by atoms with Crippen LogP contribution >= 0.6 is 0 Å². The van der Waals surface area contributed by atoms with E-state index >= 15 is 0 Å². The van der Waals surface area contributed by atoms with E-state index in [0.717, 1.165) is 23.7 Å². The Labute approximate surface area is 117 Å². The van der Waals surface area contributed by atoms with Crippen molar-refractivity contribution in [3.63, 3.8) is 0 Å². The Kier molecular flexibility index (Phi) is 4.79. The van der Waals surface area contributed by atoms with Crippen LogP contribution in [0, 0.1) is 18.6 Å². The summed E-state index contributed by atoms with van der Waals surface area (Å²) in [6, 6.07) is 6.22. The summed E-state index contributed by atoms with van der Waals surface area (Å²) in [5.41, 5.74) is 2.40. The van der Waals surface area contributed by atoms with E-state index in [2.05, 4.69) is 10.3 Å². The van der Waals surface area contributed by atoms with E-state index in [1.807, 2.05) is 19.9 Å². The zero-order valence-electron chi connectivity index (χ0n) is 11.7. The van der Waals surface area contributed by atoms with Gasteiger partial charge >= 0.3 is 0 Å². The van der Waals surface area contributed by atoms with Gasteiger partial charge in [-0.15, -0.1) is 0 Å². The number of likely N-dealkylation sites (N-methyl/N-ethyl adjacent to an activating group) is 1. The summed E-state index contributed by atoms with van der Waals surface area (Å²) in [6.45, 7) is 4.69. The molecule has 4 heteroatoms. The number of pyridine rings is 1. The Hall–Kier alpha value is -1.81. The second-order valence-electron chi connectivity index (χ2n) is 4.82. The average Bonchev–Trinajstić information content (AvgIpc) is 2.43. The van der Waals surface area contributed by atoms with E-state index in [1.54, 1.807) is 18.5 Å². The van der Waals surface area contributed by atoms with Crippen molar-refractivity contribution in [2.45, 2.75) is 26.3 Å². The molecule has 2 aromatic rings. The number of nitrogens with zero attached hydrogens (tertiary/aromatic N) is 1. The molecule has 1 unspecified atom stereocenters. The highest BCUT2D eigenvalue weighted by molar-refractivity contribution is 5.25. The predicted octanol–water partition coefficient (Wildman–Crippen LogP) is 3.56. The first kappa shape index (κ1) is 14.6. The maximum atomic E-state index is 13.8. The smallest absolute Gasteiger partial charge is 0.162 e. The highest BCUT2D eigenvalue weighted by Gasteiger charge is 2.16. The van der Waals surface area contributed by atoms with Crippen LogP contribution in [0.4, 0.5) is 8.78 Å². The van der Waals surface area contributed by atoms with Gasteiger partial charge in [0.05, 0.1) is 0 Å². The molecule has 0 spiro atoms. The molecule has 1 aromatic carbocycles. The Bertz CT molecular complexity index is 584. The van der Waals surface area contributed by atoms with Crippen molar-refractivity contribution in [2.75, 3.05) is 6.54 Å². The van der Waals surface area contributed by atoms with Crippen LogP contribution < -0.4 is 5.32 Å². The van der Waals surface area contributed by atoms with Gasteiger partial charge in [0.15, 0.2) is 11.6 Å². The van der Waals surface area contributed by atoms with Gasteiger partial charge in [0, 0.05) is 18.4 Å². The highest BCUT2D eigenvalue weighted by atomic mass is 19.2. The van der Waals surface area contributed by atoms with Gasteiger partial charge in [0.25, 0.3) is 0 Å². The number of aryl methyl sites for hydroxylation is 1. The molecule has 1 aromatic heterocycles. The molecule has 2 nitrogen and oxygen atoms in total. The Morgan fingerprint density at radius 3 is 2.75 bits per heavy atom. The summed E-state index contributed by atoms with van der Waals surface area (Å²) >= 11 is 0. The summed E-state index contributed by atoms with van der Waals surface area (Å²) in [7, 11) is 0. The summed E-state index contributed by atoms with van der Waals surface area (Å²) in [5, 5.41) is 3.29. The topological polar surface area (TPSA) is 24.9 Å². The van der Waals surface area contributed by atoms with E-state index in [9.17, 15) is 8.78 Å². The molecule has 0 radical (unpaired) electrons. The average molecular weight is 276 g/mol. The van der Waals surface area contributed by atoms with E-state index in [0.29, 0.717) is 12.0 Å². The first-order valence-electron chi connectivity index (χ1n) is 6.69. The summed E-state index contributed by atoms with van der Waals surface area (Å²) in [4.78, 5) is 4.16. The molecular weight excluding hydrogens is 258 g/mol. The van der Waals surface area contributed by atoms with Gasteiger partial charge in [-0.25, -0.2) is 8.78 Å². The minimum atomic E-state index is -0.805. The van der Waals surface area contributed by atoms with Gasteiger partial charge in [0.2, 0.25) is 0 Å². The second kappa shape index (κ2) is 6.57. The van der Waals surface area contributed by atoms with Crippen molar-refractivity contribution in [1.82, 2.24) is 10.3 Å². The zero-order valence-corrected chi connectivity index (χ0v) is 11.7. The van der Waals surface area contributed by atoms with Crippen molar-refractivity contribution in [3.05, 3.63) is 65.0 Å². The number of rotatable bonds is 5. The molecule has 0 aliphatic heterocycles. The largest absolute Gasteiger partial charge is 0.310 e. The third kappa shape index (κ3) is 3.39. The minimum absolute atomic E-state index is 0.0799. The van der Waals surface area contributed by atoms with Gasteiger partial charge in [-0.2, -0.15) is 0 Å². The first-order valence-corrected chi connectivity index (χ1v) is 6.69. The fraction of sp³-hybridized carbons (Fsp3) is 0.312. The van der Waals surface area contributed by atoms with E-state index in [4.69, 9.17) is 0 Å². The predicted molar refractivity (Wildman–Crippen MR) is 75.5 cm³/mol. The fourth-order valence-electron chi connectivity index (χ4n) is 2.25. The lowest BCUT2D eigenvalue weighted by atomic mass is 9.99. The zero-order chi connectivity index (χ0) is 14.5. The molecule has 1 N–H and O–H groups in total. The molecule has 2 rings (SSSR count). The minimum Gasteiger partial charge on any atom is -0.310 e. The van der Waals surface area contributed by atoms with Gasteiger partial charge in [-0.05, 0) is 42.6 Å². The standard InChI is InChI=1S/C16H18F2N2/c1-3-20-15(13-7-11(2)9-19-10-13)8-12-5-4-6-14(17)16(12)18/h4-7,9-10,15,20H,3,8H2,1-2H3. The number of nitrogens with one attached hydrogen (secondary N) is 1. The summed E-state index contributed by atoms with van der Waals surface area (Å²) in [5.74, 6) is -1.57. The molecule has 0 saturated heterocycles. The third-order valence-corrected chi connectivity index (χ3v) is 3.20. The van der Waals surface area contributed by atoms with Crippen LogP contribution in [-0.2, 0) is 6.42 Å². The SMILES string of the molecule is CCNC(Cc1cccc(F)c1F)c1cncc(C)c1. The third-order valence-electron chi connectivity index (χ3n) is 3.20. The molecule has 0 saturated carbocycles. The molecule has 106 valence electrons. The van der Waals surface area contributed by atoms with Crippen LogP contribution in [0.15, 0.2) is 36.7 Å². The summed E-state index contributed by atoms with van der Waals surface area (Å²) in [6.07, 6.45) is 3.93. The highest BCUT2D eigenvalue weighted by Crippen LogP contribution is 2.21. The van der Waals surface area contributed by atoms with Crippen LogP contribution in [0.2, 0.25) is 0 Å². The lowest BCUT2D eigenvalue weighted by molar-refractivity contribution is 0.481. The van der Waals surface area contributed by atoms with Gasteiger partial charge in [-0.3, -0.25) is 4.98 Å². The fourth-order valence-corrected chi connectivity index (χ4v) is 2.25. The van der Waals surface area contributed by atoms with Gasteiger partial charge in [-0.1, -0.05) is 25.1 Å². The lowest BCUT2D eigenvalue weighted by Crippen LogP contribution is -2.23. The van der Waals surface area contributed by atoms with Gasteiger partial charge in [0.1, 0.15) is 0 Å². The molecular formula is C16H18F2N2. The monoisotopic (exact) mass is 276 g/mol. The van der Waals surface area contributed by atoms with Crippen molar-refractivity contribution < 1.29 is 8.78 Å². The quantitative estimate of drug-likeness (QED) is 0.903. The van der Waals surface area contributed by atoms with Crippen LogP contribution in [0.5, 0.6) is 0 Å². The van der Waals surface area contributed by atoms with E-state index in [1.165, 1.54) is 6.07 Å². The summed E-state index contributed by atoms with van der Waals surface area (Å²) < 4.78 is 27.1. The number of halogens is 2. The van der Waals surface area contributed by atoms with E-state index in [-0.39, 0.29) is 6.04 Å². The molecule has 1 heterocycles. The molecule has 0 fully saturated rings. The van der Waals surface area contributed by atoms with Crippen LogP contribution in [-0.4, -0.2) is 11.5 Å². The van der Waals surface area contributed by atoms with Crippen molar-refractivity contribution in [3.8, 4) is 0 Å². The van der Waals surface area contributed by atoms with E-state index < -0.39 is 11.6 Å². The van der Waals surface area contributed by atoms with Crippen LogP contribution in [0.1, 0.15) is 29.7 Å². The molecule has 0 aliphatic carbocycles.